The molecule has 45 heavy (non-hydrogen) atoms. The summed E-state index contributed by atoms with van der Waals surface area (Å²) in [5.41, 5.74) is -3.60. The van der Waals surface area contributed by atoms with Crippen molar-refractivity contribution in [2.24, 2.45) is 0 Å². The molecule has 0 aliphatic carbocycles. The number of morpholine rings is 1. The molecule has 0 unspecified atom stereocenters. The zero-order valence-corrected chi connectivity index (χ0v) is 24.0. The fraction of sp³-hybridized carbons (Fsp3) is 0.296. The lowest BCUT2D eigenvalue weighted by atomic mass is 10.1. The van der Waals surface area contributed by atoms with E-state index < -0.39 is 62.6 Å². The molecule has 0 atom stereocenters. The summed E-state index contributed by atoms with van der Waals surface area (Å²) in [6, 6.07) is 8.35. The molecule has 0 saturated carbocycles. The molecule has 0 radical (unpaired) electrons. The number of benzene rings is 2. The number of alkyl halides is 6. The number of amides is 1. The fourth-order valence-corrected chi connectivity index (χ4v) is 5.92. The topological polar surface area (TPSA) is 124 Å². The zero-order chi connectivity index (χ0) is 32.6. The number of aromatic nitrogens is 3. The number of halogens is 6. The highest BCUT2D eigenvalue weighted by Gasteiger charge is 2.37. The minimum atomic E-state index is -5.00. The first-order valence-electron chi connectivity index (χ1n) is 13.2. The molecule has 1 fully saturated rings. The molecule has 1 amide bonds. The van der Waals surface area contributed by atoms with Gasteiger partial charge >= 0.3 is 18.4 Å². The minimum Gasteiger partial charge on any atom is -0.493 e. The van der Waals surface area contributed by atoms with Crippen LogP contribution in [-0.2, 0) is 27.1 Å². The van der Waals surface area contributed by atoms with Crippen molar-refractivity contribution in [2.45, 2.75) is 24.2 Å². The number of sulfonamides is 1. The number of nitrogens with zero attached hydrogens (tertiary/aromatic N) is 4. The summed E-state index contributed by atoms with van der Waals surface area (Å²) in [7, 11) is -3.91. The van der Waals surface area contributed by atoms with E-state index in [4.69, 9.17) is 14.2 Å². The number of fused-ring (bicyclic) bond motifs is 1. The van der Waals surface area contributed by atoms with E-state index in [9.17, 15) is 39.6 Å². The first kappa shape index (κ1) is 32.0. The van der Waals surface area contributed by atoms with Crippen molar-refractivity contribution >= 4 is 27.5 Å². The van der Waals surface area contributed by atoms with Crippen LogP contribution in [0.3, 0.4) is 0 Å². The Morgan fingerprint density at radius 3 is 2.40 bits per heavy atom. The molecule has 18 heteroatoms. The van der Waals surface area contributed by atoms with Crippen LogP contribution in [0.15, 0.2) is 59.6 Å². The van der Waals surface area contributed by atoms with Crippen LogP contribution in [-0.4, -0.2) is 66.3 Å². The third-order valence-corrected chi connectivity index (χ3v) is 8.40. The van der Waals surface area contributed by atoms with Crippen molar-refractivity contribution in [2.75, 3.05) is 38.2 Å². The molecule has 1 N–H and O–H groups in total. The quantitative estimate of drug-likeness (QED) is 0.260. The van der Waals surface area contributed by atoms with E-state index >= 15 is 0 Å². The Labute approximate surface area is 251 Å². The van der Waals surface area contributed by atoms with Gasteiger partial charge in [0.05, 0.1) is 42.2 Å². The SMILES string of the molecule is CCOc1cc(-c2cc(C(F)(F)F)n3ncc(OC(=O)Nc4cccc(S(=O)(=O)N5CCOCC5)c4)c3n2)ccc1C(F)(F)F. The Bertz CT molecular complexity index is 1840. The van der Waals surface area contributed by atoms with Gasteiger partial charge < -0.3 is 14.2 Å². The van der Waals surface area contributed by atoms with E-state index in [0.717, 1.165) is 18.3 Å². The van der Waals surface area contributed by atoms with Crippen molar-refractivity contribution < 1.29 is 53.8 Å². The maximum absolute atomic E-state index is 14.0. The van der Waals surface area contributed by atoms with Crippen LogP contribution in [0.25, 0.3) is 16.9 Å². The largest absolute Gasteiger partial charge is 0.493 e. The predicted molar refractivity (Wildman–Crippen MR) is 145 cm³/mol. The van der Waals surface area contributed by atoms with Crippen molar-refractivity contribution in [3.63, 3.8) is 0 Å². The first-order chi connectivity index (χ1) is 21.2. The Morgan fingerprint density at radius 2 is 1.73 bits per heavy atom. The maximum Gasteiger partial charge on any atom is 0.433 e. The molecule has 0 bridgehead atoms. The van der Waals surface area contributed by atoms with Crippen LogP contribution in [0.4, 0.5) is 36.8 Å². The van der Waals surface area contributed by atoms with Gasteiger partial charge in [-0.25, -0.2) is 22.7 Å². The average Bonchev–Trinajstić information content (AvgIpc) is 3.38. The van der Waals surface area contributed by atoms with Crippen LogP contribution < -0.4 is 14.8 Å². The van der Waals surface area contributed by atoms with Crippen molar-refractivity contribution in [1.29, 1.82) is 0 Å². The number of anilines is 1. The van der Waals surface area contributed by atoms with E-state index in [-0.39, 0.29) is 49.1 Å². The summed E-state index contributed by atoms with van der Waals surface area (Å²) >= 11 is 0. The summed E-state index contributed by atoms with van der Waals surface area (Å²) in [5, 5.41) is 5.95. The highest BCUT2D eigenvalue weighted by molar-refractivity contribution is 7.89. The Kier molecular flexibility index (Phi) is 8.65. The second kappa shape index (κ2) is 12.2. The van der Waals surface area contributed by atoms with E-state index in [0.29, 0.717) is 16.6 Å². The van der Waals surface area contributed by atoms with Crippen LogP contribution in [0.1, 0.15) is 18.2 Å². The Balaban J connectivity index is 1.46. The van der Waals surface area contributed by atoms with Gasteiger partial charge in [-0.15, -0.1) is 0 Å². The van der Waals surface area contributed by atoms with Crippen LogP contribution in [0.5, 0.6) is 11.5 Å². The summed E-state index contributed by atoms with van der Waals surface area (Å²) in [4.78, 5) is 16.7. The number of ether oxygens (including phenoxy) is 3. The van der Waals surface area contributed by atoms with E-state index in [1.807, 2.05) is 0 Å². The molecule has 5 rings (SSSR count). The number of hydrogen-bond acceptors (Lipinski definition) is 8. The molecule has 240 valence electrons. The molecule has 0 spiro atoms. The summed E-state index contributed by atoms with van der Waals surface area (Å²) in [6.45, 7) is 2.03. The predicted octanol–water partition coefficient (Wildman–Crippen LogP) is 5.46. The standard InChI is InChI=1S/C27H23F6N5O6S/c1-2-43-21-12-16(6-7-19(21)26(28,29)30)20-14-23(27(31,32)33)38-24(36-20)22(15-34-38)44-25(39)35-17-4-3-5-18(13-17)45(40,41)37-8-10-42-11-9-37/h3-7,12-15H,2,8-11H2,1H3,(H,35,39). The lowest BCUT2D eigenvalue weighted by Gasteiger charge is -2.26. The fourth-order valence-electron chi connectivity index (χ4n) is 4.47. The molecule has 2 aromatic carbocycles. The lowest BCUT2D eigenvalue weighted by Crippen LogP contribution is -2.40. The normalized spacial score (nSPS) is 14.8. The molecular weight excluding hydrogens is 636 g/mol. The molecule has 2 aromatic heterocycles. The minimum absolute atomic E-state index is 0.00338. The molecule has 11 nitrogen and oxygen atoms in total. The smallest absolute Gasteiger partial charge is 0.433 e. The second-order valence-electron chi connectivity index (χ2n) is 9.47. The van der Waals surface area contributed by atoms with Crippen LogP contribution in [0, 0.1) is 0 Å². The maximum atomic E-state index is 14.0. The summed E-state index contributed by atoms with van der Waals surface area (Å²) in [6.07, 6.45) is -10.2. The Morgan fingerprint density at radius 1 is 1.00 bits per heavy atom. The summed E-state index contributed by atoms with van der Waals surface area (Å²) in [5.74, 6) is -1.13. The zero-order valence-electron chi connectivity index (χ0n) is 23.1. The van der Waals surface area contributed by atoms with Gasteiger partial charge in [0.1, 0.15) is 5.75 Å². The number of hydrogen-bond donors (Lipinski definition) is 1. The van der Waals surface area contributed by atoms with Gasteiger partial charge in [0, 0.05) is 24.3 Å². The average molecular weight is 660 g/mol. The molecular formula is C27H23F6N5O6S. The number of rotatable bonds is 7. The van der Waals surface area contributed by atoms with Gasteiger partial charge in [-0.2, -0.15) is 35.7 Å². The monoisotopic (exact) mass is 659 g/mol. The second-order valence-corrected chi connectivity index (χ2v) is 11.4. The van der Waals surface area contributed by atoms with Gasteiger partial charge in [-0.1, -0.05) is 12.1 Å². The molecule has 1 aliphatic rings. The van der Waals surface area contributed by atoms with E-state index in [2.05, 4.69) is 15.4 Å². The Hall–Kier alpha value is -4.42. The number of nitrogens with one attached hydrogen (secondary N) is 1. The van der Waals surface area contributed by atoms with Crippen LogP contribution in [0.2, 0.25) is 0 Å². The molecule has 1 aliphatic heterocycles. The number of carbonyl (C=O) groups excluding carboxylic acids is 1. The molecule has 1 saturated heterocycles. The first-order valence-corrected chi connectivity index (χ1v) is 14.6. The number of carbonyl (C=O) groups is 1. The van der Waals surface area contributed by atoms with E-state index in [1.54, 1.807) is 0 Å². The van der Waals surface area contributed by atoms with Gasteiger partial charge in [-0.3, -0.25) is 5.32 Å². The van der Waals surface area contributed by atoms with Gasteiger partial charge in [0.15, 0.2) is 17.1 Å². The van der Waals surface area contributed by atoms with Gasteiger partial charge in [0.25, 0.3) is 0 Å². The molecule has 3 heterocycles. The van der Waals surface area contributed by atoms with Crippen molar-refractivity contribution in [3.05, 3.63) is 66.0 Å². The lowest BCUT2D eigenvalue weighted by molar-refractivity contribution is -0.142. The van der Waals surface area contributed by atoms with E-state index in [1.165, 1.54) is 35.5 Å². The van der Waals surface area contributed by atoms with Crippen molar-refractivity contribution in [3.8, 4) is 22.8 Å². The summed E-state index contributed by atoms with van der Waals surface area (Å²) < 4.78 is 125. The third kappa shape index (κ3) is 6.81. The highest BCUT2D eigenvalue weighted by Crippen LogP contribution is 2.40. The van der Waals surface area contributed by atoms with Crippen LogP contribution >= 0.6 is 0 Å². The van der Waals surface area contributed by atoms with Crippen molar-refractivity contribution in [1.82, 2.24) is 18.9 Å². The highest BCUT2D eigenvalue weighted by atomic mass is 32.2. The molecule has 4 aromatic rings. The third-order valence-electron chi connectivity index (χ3n) is 6.50. The van der Waals surface area contributed by atoms with Gasteiger partial charge in [0.2, 0.25) is 10.0 Å². The van der Waals surface area contributed by atoms with Gasteiger partial charge in [-0.05, 0) is 43.3 Å².